The van der Waals surface area contributed by atoms with Crippen molar-refractivity contribution in [3.05, 3.63) is 102 Å². The van der Waals surface area contributed by atoms with Crippen molar-refractivity contribution in [1.29, 1.82) is 0 Å². The molecule has 214 valence electrons. The Hall–Kier alpha value is -4.16. The molecule has 12 heteroatoms. The summed E-state index contributed by atoms with van der Waals surface area (Å²) in [5.41, 5.74) is 0.160. The third kappa shape index (κ3) is 6.77. The molecule has 1 saturated heterocycles. The molecular weight excluding hydrogens is 555 g/mol. The first kappa shape index (κ1) is 28.4. The average molecular weight is 584 g/mol. The number of anilines is 2. The van der Waals surface area contributed by atoms with Gasteiger partial charge in [-0.3, -0.25) is 4.79 Å². The largest absolute Gasteiger partial charge is 0.432 e. The third-order valence-electron chi connectivity index (χ3n) is 6.96. The maximum atomic E-state index is 13.7. The molecule has 0 radical (unpaired) electrons. The van der Waals surface area contributed by atoms with E-state index in [1.54, 1.807) is 42.5 Å². The number of sulfonamides is 1. The van der Waals surface area contributed by atoms with E-state index in [1.807, 2.05) is 35.2 Å². The molecule has 1 aliphatic rings. The quantitative estimate of drug-likeness (QED) is 0.256. The number of piperidine rings is 1. The van der Waals surface area contributed by atoms with Crippen LogP contribution in [0, 0.1) is 0 Å². The molecular formula is C29H28F3N5O3S. The SMILES string of the molecule is O=C(Nc1ccc(N2CCC(S(=O)(=O)NCc3ccccc3)CC2)nc1)c1cc(-c2ccccc2)[nH]c1C(F)(F)F. The van der Waals surface area contributed by atoms with Crippen molar-refractivity contribution >= 4 is 27.4 Å². The molecule has 3 N–H and O–H groups in total. The smallest absolute Gasteiger partial charge is 0.357 e. The molecule has 0 bridgehead atoms. The Morgan fingerprint density at radius 1 is 0.976 bits per heavy atom. The third-order valence-corrected chi connectivity index (χ3v) is 8.86. The normalized spacial score (nSPS) is 14.7. The first-order valence-corrected chi connectivity index (χ1v) is 14.6. The fourth-order valence-electron chi connectivity index (χ4n) is 4.77. The van der Waals surface area contributed by atoms with Gasteiger partial charge < -0.3 is 15.2 Å². The number of halogens is 3. The number of benzene rings is 2. The molecule has 3 heterocycles. The van der Waals surface area contributed by atoms with Gasteiger partial charge in [0.15, 0.2) is 0 Å². The number of nitrogens with zero attached hydrogens (tertiary/aromatic N) is 2. The number of alkyl halides is 3. The van der Waals surface area contributed by atoms with Crippen molar-refractivity contribution in [2.24, 2.45) is 0 Å². The summed E-state index contributed by atoms with van der Waals surface area (Å²) in [5.74, 6) is -0.334. The van der Waals surface area contributed by atoms with Gasteiger partial charge in [0.05, 0.1) is 22.7 Å². The van der Waals surface area contributed by atoms with Crippen LogP contribution in [0.4, 0.5) is 24.7 Å². The molecule has 2 aromatic heterocycles. The van der Waals surface area contributed by atoms with Crippen LogP contribution in [-0.4, -0.2) is 42.6 Å². The number of amides is 1. The minimum atomic E-state index is -4.75. The van der Waals surface area contributed by atoms with Gasteiger partial charge in [0.2, 0.25) is 10.0 Å². The molecule has 0 atom stereocenters. The predicted molar refractivity (Wildman–Crippen MR) is 151 cm³/mol. The van der Waals surface area contributed by atoms with Gasteiger partial charge in [0, 0.05) is 25.3 Å². The van der Waals surface area contributed by atoms with E-state index in [0.717, 1.165) is 5.56 Å². The zero-order valence-corrected chi connectivity index (χ0v) is 22.7. The number of H-pyrrole nitrogens is 1. The lowest BCUT2D eigenvalue weighted by Crippen LogP contribution is -2.43. The Balaban J connectivity index is 1.20. The van der Waals surface area contributed by atoms with E-state index in [9.17, 15) is 26.4 Å². The highest BCUT2D eigenvalue weighted by molar-refractivity contribution is 7.90. The minimum absolute atomic E-state index is 0.178. The van der Waals surface area contributed by atoms with E-state index in [4.69, 9.17) is 0 Å². The summed E-state index contributed by atoms with van der Waals surface area (Å²) in [7, 11) is -3.49. The van der Waals surface area contributed by atoms with Crippen LogP contribution in [0.15, 0.2) is 85.1 Å². The summed E-state index contributed by atoms with van der Waals surface area (Å²) in [6.45, 7) is 1.17. The van der Waals surface area contributed by atoms with E-state index in [-0.39, 0.29) is 17.9 Å². The van der Waals surface area contributed by atoms with Gasteiger partial charge >= 0.3 is 6.18 Å². The first-order chi connectivity index (χ1) is 19.6. The van der Waals surface area contributed by atoms with E-state index < -0.39 is 38.6 Å². The molecule has 0 aliphatic carbocycles. The molecule has 0 saturated carbocycles. The van der Waals surface area contributed by atoms with Crippen LogP contribution in [-0.2, 0) is 22.7 Å². The molecule has 8 nitrogen and oxygen atoms in total. The number of aromatic amines is 1. The lowest BCUT2D eigenvalue weighted by atomic mass is 10.1. The Morgan fingerprint density at radius 3 is 2.24 bits per heavy atom. The van der Waals surface area contributed by atoms with Crippen molar-refractivity contribution < 1.29 is 26.4 Å². The van der Waals surface area contributed by atoms with Crippen molar-refractivity contribution in [2.45, 2.75) is 30.8 Å². The van der Waals surface area contributed by atoms with Crippen molar-refractivity contribution in [2.75, 3.05) is 23.3 Å². The van der Waals surface area contributed by atoms with Crippen LogP contribution < -0.4 is 14.9 Å². The maximum Gasteiger partial charge on any atom is 0.432 e. The second-order valence-corrected chi connectivity index (χ2v) is 11.8. The Kier molecular flexibility index (Phi) is 8.13. The zero-order valence-electron chi connectivity index (χ0n) is 21.9. The molecule has 1 fully saturated rings. The minimum Gasteiger partial charge on any atom is -0.357 e. The second kappa shape index (κ2) is 11.8. The predicted octanol–water partition coefficient (Wildman–Crippen LogP) is 5.44. The monoisotopic (exact) mass is 583 g/mol. The summed E-state index contributed by atoms with van der Waals surface area (Å²) < 4.78 is 69.3. The number of hydrogen-bond donors (Lipinski definition) is 3. The molecule has 4 aromatic rings. The van der Waals surface area contributed by atoms with Crippen LogP contribution >= 0.6 is 0 Å². The second-order valence-electron chi connectivity index (χ2n) is 9.73. The van der Waals surface area contributed by atoms with Crippen LogP contribution in [0.25, 0.3) is 11.3 Å². The van der Waals surface area contributed by atoms with Gasteiger partial charge in [0.25, 0.3) is 5.91 Å². The average Bonchev–Trinajstić information content (AvgIpc) is 3.45. The summed E-state index contributed by atoms with van der Waals surface area (Å²) in [6, 6.07) is 22.1. The molecule has 2 aromatic carbocycles. The van der Waals surface area contributed by atoms with Crippen molar-refractivity contribution in [3.63, 3.8) is 0 Å². The number of rotatable bonds is 8. The highest BCUT2D eigenvalue weighted by atomic mass is 32.2. The Labute approximate surface area is 235 Å². The molecule has 0 unspecified atom stereocenters. The van der Waals surface area contributed by atoms with Gasteiger partial charge in [0.1, 0.15) is 11.5 Å². The number of aromatic nitrogens is 2. The number of carbonyl (C=O) groups excluding carboxylic acids is 1. The van der Waals surface area contributed by atoms with Gasteiger partial charge in [-0.15, -0.1) is 0 Å². The summed E-state index contributed by atoms with van der Waals surface area (Å²) >= 11 is 0. The Morgan fingerprint density at radius 2 is 1.63 bits per heavy atom. The van der Waals surface area contributed by atoms with Gasteiger partial charge in [-0.25, -0.2) is 18.1 Å². The van der Waals surface area contributed by atoms with E-state index >= 15 is 0 Å². The number of pyridine rings is 1. The molecule has 0 spiro atoms. The zero-order chi connectivity index (χ0) is 29.0. The fourth-order valence-corrected chi connectivity index (χ4v) is 6.20. The Bertz CT molecular complexity index is 1580. The lowest BCUT2D eigenvalue weighted by Gasteiger charge is -2.32. The highest BCUT2D eigenvalue weighted by Gasteiger charge is 2.38. The number of hydrogen-bond acceptors (Lipinski definition) is 5. The van der Waals surface area contributed by atoms with E-state index in [2.05, 4.69) is 20.0 Å². The molecule has 41 heavy (non-hydrogen) atoms. The molecule has 1 aliphatic heterocycles. The lowest BCUT2D eigenvalue weighted by molar-refractivity contribution is -0.141. The highest BCUT2D eigenvalue weighted by Crippen LogP contribution is 2.35. The number of carbonyl (C=O) groups is 1. The van der Waals surface area contributed by atoms with E-state index in [1.165, 1.54) is 12.3 Å². The van der Waals surface area contributed by atoms with Crippen LogP contribution in [0.5, 0.6) is 0 Å². The van der Waals surface area contributed by atoms with Gasteiger partial charge in [-0.05, 0) is 42.2 Å². The first-order valence-electron chi connectivity index (χ1n) is 13.0. The maximum absolute atomic E-state index is 13.7. The van der Waals surface area contributed by atoms with Gasteiger partial charge in [-0.2, -0.15) is 13.2 Å². The fraction of sp³-hybridized carbons (Fsp3) is 0.241. The summed E-state index contributed by atoms with van der Waals surface area (Å²) in [4.78, 5) is 21.5. The molecule has 1 amide bonds. The summed E-state index contributed by atoms with van der Waals surface area (Å²) in [5, 5.41) is 1.97. The standard InChI is InChI=1S/C29H28F3N5O3S/c30-29(31,32)27-24(17-25(36-27)21-9-5-2-6-10-21)28(38)35-22-11-12-26(33-19-22)37-15-13-23(14-16-37)41(39,40)34-18-20-7-3-1-4-8-20/h1-12,17,19,23,34,36H,13-16,18H2,(H,35,38). The van der Waals surface area contributed by atoms with Crippen LogP contribution in [0.1, 0.15) is 34.5 Å². The topological polar surface area (TPSA) is 107 Å². The molecule has 5 rings (SSSR count). The number of nitrogens with one attached hydrogen (secondary N) is 3. The van der Waals surface area contributed by atoms with Crippen LogP contribution in [0.2, 0.25) is 0 Å². The summed E-state index contributed by atoms with van der Waals surface area (Å²) in [6.07, 6.45) is -2.54. The van der Waals surface area contributed by atoms with Crippen LogP contribution in [0.3, 0.4) is 0 Å². The van der Waals surface area contributed by atoms with Crippen molar-refractivity contribution in [3.8, 4) is 11.3 Å². The van der Waals surface area contributed by atoms with E-state index in [0.29, 0.717) is 37.3 Å². The van der Waals surface area contributed by atoms with Crippen molar-refractivity contribution in [1.82, 2.24) is 14.7 Å². The van der Waals surface area contributed by atoms with Gasteiger partial charge in [-0.1, -0.05) is 60.7 Å².